The van der Waals surface area contributed by atoms with Gasteiger partial charge in [0, 0.05) is 22.8 Å². The minimum atomic E-state index is 0.298. The second-order valence-electron chi connectivity index (χ2n) is 5.77. The summed E-state index contributed by atoms with van der Waals surface area (Å²) in [5.41, 5.74) is 1.44. The number of hydrogen-bond acceptors (Lipinski definition) is 5. The molecule has 0 amide bonds. The Labute approximate surface area is 154 Å². The smallest absolute Gasteiger partial charge is 0.199 e. The molecule has 0 unspecified atom stereocenters. The first kappa shape index (κ1) is 16.0. The number of nitrogens with zero attached hydrogens (tertiary/aromatic N) is 4. The largest absolute Gasteiger partial charge is 0.303 e. The van der Waals surface area contributed by atoms with Crippen LogP contribution in [0.25, 0.3) is 0 Å². The summed E-state index contributed by atoms with van der Waals surface area (Å²) < 4.78 is 4.61. The van der Waals surface area contributed by atoms with E-state index in [-0.39, 0.29) is 0 Å². The van der Waals surface area contributed by atoms with Gasteiger partial charge in [0.25, 0.3) is 0 Å². The van der Waals surface area contributed by atoms with E-state index < -0.39 is 0 Å². The van der Waals surface area contributed by atoms with Crippen LogP contribution in [0.3, 0.4) is 0 Å². The van der Waals surface area contributed by atoms with Crippen LogP contribution in [-0.2, 0) is 19.6 Å². The highest BCUT2D eigenvalue weighted by molar-refractivity contribution is 7.71. The van der Waals surface area contributed by atoms with Crippen molar-refractivity contribution in [2.75, 3.05) is 6.54 Å². The number of aromatic nitrogens is 3. The summed E-state index contributed by atoms with van der Waals surface area (Å²) in [6.45, 7) is 6.20. The van der Waals surface area contributed by atoms with Crippen LogP contribution in [-0.4, -0.2) is 25.8 Å². The predicted molar refractivity (Wildman–Crippen MR) is 102 cm³/mol. The summed E-state index contributed by atoms with van der Waals surface area (Å²) in [4.78, 5) is 5.36. The molecule has 1 atom stereocenters. The SMILES string of the molecule is C=CCn1cnn(CN2CCc3sccc3[C@H]2c2cccs2)c1=S. The highest BCUT2D eigenvalue weighted by Gasteiger charge is 2.30. The van der Waals surface area contributed by atoms with Crippen molar-refractivity contribution in [2.24, 2.45) is 0 Å². The van der Waals surface area contributed by atoms with Crippen LogP contribution in [0.15, 0.2) is 47.9 Å². The predicted octanol–water partition coefficient (Wildman–Crippen LogP) is 4.33. The molecule has 0 bridgehead atoms. The molecule has 124 valence electrons. The Morgan fingerprint density at radius 2 is 2.25 bits per heavy atom. The molecule has 0 aliphatic carbocycles. The Kier molecular flexibility index (Phi) is 4.49. The van der Waals surface area contributed by atoms with Gasteiger partial charge in [0.2, 0.25) is 0 Å². The number of thiophene rings is 2. The van der Waals surface area contributed by atoms with E-state index in [1.807, 2.05) is 38.0 Å². The van der Waals surface area contributed by atoms with Gasteiger partial charge in [-0.05, 0) is 47.1 Å². The molecule has 4 rings (SSSR count). The van der Waals surface area contributed by atoms with E-state index in [0.29, 0.717) is 19.3 Å². The second-order valence-corrected chi connectivity index (χ2v) is 8.12. The maximum absolute atomic E-state index is 5.55. The molecule has 3 aromatic heterocycles. The summed E-state index contributed by atoms with van der Waals surface area (Å²) in [6.07, 6.45) is 4.73. The Morgan fingerprint density at radius 3 is 3.04 bits per heavy atom. The molecule has 7 heteroatoms. The fraction of sp³-hybridized carbons (Fsp3) is 0.294. The summed E-state index contributed by atoms with van der Waals surface area (Å²) in [5, 5.41) is 8.84. The lowest BCUT2D eigenvalue weighted by Crippen LogP contribution is -2.36. The van der Waals surface area contributed by atoms with Crippen LogP contribution in [0.5, 0.6) is 0 Å². The van der Waals surface area contributed by atoms with Crippen molar-refractivity contribution in [2.45, 2.75) is 25.7 Å². The maximum Gasteiger partial charge on any atom is 0.199 e. The van der Waals surface area contributed by atoms with Crippen molar-refractivity contribution < 1.29 is 0 Å². The molecule has 1 aliphatic heterocycles. The molecule has 4 heterocycles. The standard InChI is InChI=1S/C17H18N4S3/c1-2-7-19-11-18-21(17(19)22)12-20-8-5-14-13(6-10-24-14)16(20)15-4-3-9-23-15/h2-4,6,9-11,16H,1,5,7-8,12H2/t16-/m0/s1. The van der Waals surface area contributed by atoms with Gasteiger partial charge in [-0.3, -0.25) is 4.90 Å². The van der Waals surface area contributed by atoms with Gasteiger partial charge in [-0.25, -0.2) is 4.68 Å². The van der Waals surface area contributed by atoms with Gasteiger partial charge in [-0.15, -0.1) is 29.3 Å². The molecule has 24 heavy (non-hydrogen) atoms. The van der Waals surface area contributed by atoms with Crippen LogP contribution in [0, 0.1) is 4.77 Å². The number of fused-ring (bicyclic) bond motifs is 1. The Balaban J connectivity index is 1.67. The lowest BCUT2D eigenvalue weighted by molar-refractivity contribution is 0.158. The molecule has 0 spiro atoms. The normalized spacial score (nSPS) is 17.8. The summed E-state index contributed by atoms with van der Waals surface area (Å²) in [6, 6.07) is 6.92. The van der Waals surface area contributed by atoms with Gasteiger partial charge < -0.3 is 4.57 Å². The van der Waals surface area contributed by atoms with Crippen LogP contribution in [0.1, 0.15) is 21.4 Å². The van der Waals surface area contributed by atoms with Gasteiger partial charge in [-0.1, -0.05) is 12.1 Å². The zero-order chi connectivity index (χ0) is 16.5. The molecule has 1 aliphatic rings. The number of allylic oxidation sites excluding steroid dienone is 1. The topological polar surface area (TPSA) is 26.0 Å². The van der Waals surface area contributed by atoms with Crippen LogP contribution < -0.4 is 0 Å². The first-order chi connectivity index (χ1) is 11.8. The molecule has 0 fully saturated rings. The third-order valence-electron chi connectivity index (χ3n) is 4.32. The summed E-state index contributed by atoms with van der Waals surface area (Å²) in [5.74, 6) is 0. The minimum absolute atomic E-state index is 0.298. The molecule has 0 aromatic carbocycles. The van der Waals surface area contributed by atoms with Crippen molar-refractivity contribution in [1.29, 1.82) is 0 Å². The minimum Gasteiger partial charge on any atom is -0.303 e. The van der Waals surface area contributed by atoms with E-state index in [0.717, 1.165) is 17.7 Å². The summed E-state index contributed by atoms with van der Waals surface area (Å²) in [7, 11) is 0. The Morgan fingerprint density at radius 1 is 1.33 bits per heavy atom. The lowest BCUT2D eigenvalue weighted by Gasteiger charge is -2.35. The molecule has 0 saturated carbocycles. The third kappa shape index (κ3) is 2.82. The van der Waals surface area contributed by atoms with E-state index >= 15 is 0 Å². The Bertz CT molecular complexity index is 887. The van der Waals surface area contributed by atoms with Gasteiger partial charge in [0.05, 0.1) is 12.7 Å². The fourth-order valence-electron chi connectivity index (χ4n) is 3.21. The fourth-order valence-corrected chi connectivity index (χ4v) is 5.21. The molecular formula is C17H18N4S3. The lowest BCUT2D eigenvalue weighted by atomic mass is 9.99. The van der Waals surface area contributed by atoms with E-state index in [4.69, 9.17) is 12.2 Å². The molecule has 3 aromatic rings. The van der Waals surface area contributed by atoms with Gasteiger partial charge in [0.15, 0.2) is 4.77 Å². The first-order valence-electron chi connectivity index (χ1n) is 7.85. The quantitative estimate of drug-likeness (QED) is 0.491. The maximum atomic E-state index is 5.55. The van der Waals surface area contributed by atoms with Gasteiger partial charge >= 0.3 is 0 Å². The molecule has 0 saturated heterocycles. The summed E-state index contributed by atoms with van der Waals surface area (Å²) >= 11 is 9.24. The van der Waals surface area contributed by atoms with E-state index in [1.165, 1.54) is 15.3 Å². The van der Waals surface area contributed by atoms with E-state index in [9.17, 15) is 0 Å². The van der Waals surface area contributed by atoms with Gasteiger partial charge in [-0.2, -0.15) is 5.10 Å². The third-order valence-corrected chi connectivity index (χ3v) is 6.68. The van der Waals surface area contributed by atoms with Crippen molar-refractivity contribution in [3.8, 4) is 0 Å². The average Bonchev–Trinajstić information content (AvgIpc) is 3.32. The molecule has 0 radical (unpaired) electrons. The highest BCUT2D eigenvalue weighted by atomic mass is 32.1. The molecule has 0 N–H and O–H groups in total. The van der Waals surface area contributed by atoms with Crippen LogP contribution >= 0.6 is 34.9 Å². The highest BCUT2D eigenvalue weighted by Crippen LogP contribution is 2.39. The zero-order valence-corrected chi connectivity index (χ0v) is 15.6. The first-order valence-corrected chi connectivity index (χ1v) is 10.0. The number of rotatable bonds is 5. The molecule has 4 nitrogen and oxygen atoms in total. The van der Waals surface area contributed by atoms with Crippen molar-refractivity contribution in [3.63, 3.8) is 0 Å². The van der Waals surface area contributed by atoms with Crippen LogP contribution in [0.4, 0.5) is 0 Å². The van der Waals surface area contributed by atoms with E-state index in [2.05, 4.69) is 45.5 Å². The van der Waals surface area contributed by atoms with Gasteiger partial charge in [0.1, 0.15) is 6.33 Å². The van der Waals surface area contributed by atoms with Crippen molar-refractivity contribution in [1.82, 2.24) is 19.2 Å². The molecular weight excluding hydrogens is 356 g/mol. The van der Waals surface area contributed by atoms with Crippen LogP contribution in [0.2, 0.25) is 0 Å². The second kappa shape index (κ2) is 6.76. The number of hydrogen-bond donors (Lipinski definition) is 0. The van der Waals surface area contributed by atoms with Crippen molar-refractivity contribution >= 4 is 34.9 Å². The average molecular weight is 375 g/mol. The van der Waals surface area contributed by atoms with Crippen molar-refractivity contribution in [3.05, 3.63) is 68.0 Å². The zero-order valence-electron chi connectivity index (χ0n) is 13.2. The Hall–Kier alpha value is -1.54. The monoisotopic (exact) mass is 374 g/mol. The van der Waals surface area contributed by atoms with E-state index in [1.54, 1.807) is 6.33 Å².